The summed E-state index contributed by atoms with van der Waals surface area (Å²) in [6, 6.07) is 14.2. The van der Waals surface area contributed by atoms with Gasteiger partial charge >= 0.3 is 0 Å². The highest BCUT2D eigenvalue weighted by Gasteiger charge is 2.12. The number of amides is 2. The van der Waals surface area contributed by atoms with Crippen molar-refractivity contribution in [2.24, 2.45) is 0 Å². The van der Waals surface area contributed by atoms with E-state index in [4.69, 9.17) is 9.47 Å². The number of nitrogens with zero attached hydrogens (tertiary/aromatic N) is 1. The summed E-state index contributed by atoms with van der Waals surface area (Å²) < 4.78 is 11.4. The summed E-state index contributed by atoms with van der Waals surface area (Å²) in [7, 11) is 3.23. The van der Waals surface area contributed by atoms with Gasteiger partial charge in [-0.1, -0.05) is 15.9 Å². The molecule has 0 aliphatic rings. The zero-order chi connectivity index (χ0) is 18.2. The third-order valence-electron chi connectivity index (χ3n) is 3.45. The molecule has 25 heavy (non-hydrogen) atoms. The predicted octanol–water partition coefficient (Wildman–Crippen LogP) is 2.62. The van der Waals surface area contributed by atoms with Gasteiger partial charge in [-0.2, -0.15) is 0 Å². The van der Waals surface area contributed by atoms with Crippen molar-refractivity contribution in [3.8, 4) is 11.5 Å². The molecular formula is C18H19BrN2O4. The third-order valence-corrected chi connectivity index (χ3v) is 3.98. The van der Waals surface area contributed by atoms with Crippen LogP contribution in [0.3, 0.4) is 0 Å². The van der Waals surface area contributed by atoms with Crippen LogP contribution in [0.1, 0.15) is 0 Å². The van der Waals surface area contributed by atoms with Crippen LogP contribution in [0.15, 0.2) is 53.0 Å². The average molecular weight is 407 g/mol. The van der Waals surface area contributed by atoms with Crippen LogP contribution < -0.4 is 19.7 Å². The maximum absolute atomic E-state index is 12.1. The van der Waals surface area contributed by atoms with Gasteiger partial charge in [-0.05, 0) is 48.5 Å². The summed E-state index contributed by atoms with van der Waals surface area (Å²) in [5.41, 5.74) is 0.714. The average Bonchev–Trinajstić information content (AvgIpc) is 2.65. The van der Waals surface area contributed by atoms with Crippen LogP contribution in [0.5, 0.6) is 11.5 Å². The number of carbonyl (C=O) groups excluding carboxylic acids is 2. The van der Waals surface area contributed by atoms with Crippen LogP contribution in [0.25, 0.3) is 0 Å². The second-order valence-corrected chi connectivity index (χ2v) is 6.09. The monoisotopic (exact) mass is 406 g/mol. The van der Waals surface area contributed by atoms with E-state index in [2.05, 4.69) is 21.2 Å². The highest BCUT2D eigenvalue weighted by atomic mass is 79.9. The third kappa shape index (κ3) is 5.79. The number of methoxy groups -OCH3 is 1. The fraction of sp³-hybridized carbons (Fsp3) is 0.222. The summed E-state index contributed by atoms with van der Waals surface area (Å²) >= 11 is 3.32. The molecule has 0 aliphatic heterocycles. The molecule has 7 heteroatoms. The minimum atomic E-state index is -0.362. The first kappa shape index (κ1) is 18.8. The Labute approximate surface area is 154 Å². The van der Waals surface area contributed by atoms with Crippen LogP contribution in [-0.4, -0.2) is 39.1 Å². The van der Waals surface area contributed by atoms with Crippen molar-refractivity contribution in [3.63, 3.8) is 0 Å². The van der Waals surface area contributed by atoms with Gasteiger partial charge in [-0.25, -0.2) is 0 Å². The van der Waals surface area contributed by atoms with Crippen LogP contribution >= 0.6 is 15.9 Å². The summed E-state index contributed by atoms with van der Waals surface area (Å²) in [4.78, 5) is 25.4. The second-order valence-electron chi connectivity index (χ2n) is 5.17. The zero-order valence-corrected chi connectivity index (χ0v) is 15.6. The van der Waals surface area contributed by atoms with Crippen molar-refractivity contribution < 1.29 is 19.1 Å². The van der Waals surface area contributed by atoms with E-state index in [0.717, 1.165) is 4.47 Å². The van der Waals surface area contributed by atoms with Gasteiger partial charge in [0, 0.05) is 17.2 Å². The number of hydrogen-bond donors (Lipinski definition) is 1. The largest absolute Gasteiger partial charge is 0.497 e. The van der Waals surface area contributed by atoms with Crippen LogP contribution in [-0.2, 0) is 9.59 Å². The SMILES string of the molecule is COc1ccc(N(C)C(=O)CNC(=O)COc2ccc(Br)cc2)cc1. The maximum atomic E-state index is 12.1. The lowest BCUT2D eigenvalue weighted by molar-refractivity contribution is -0.126. The number of carbonyl (C=O) groups is 2. The number of nitrogens with one attached hydrogen (secondary N) is 1. The Bertz CT molecular complexity index is 717. The molecule has 132 valence electrons. The van der Waals surface area contributed by atoms with Gasteiger partial charge in [0.25, 0.3) is 5.91 Å². The van der Waals surface area contributed by atoms with Gasteiger partial charge in [0.15, 0.2) is 6.61 Å². The molecule has 1 N–H and O–H groups in total. The molecule has 0 spiro atoms. The molecule has 2 rings (SSSR count). The molecule has 0 aromatic heterocycles. The molecule has 2 aromatic carbocycles. The van der Waals surface area contributed by atoms with Gasteiger partial charge in [0.2, 0.25) is 5.91 Å². The fourth-order valence-corrected chi connectivity index (χ4v) is 2.24. The maximum Gasteiger partial charge on any atom is 0.258 e. The molecule has 0 atom stereocenters. The lowest BCUT2D eigenvalue weighted by Crippen LogP contribution is -2.39. The molecular weight excluding hydrogens is 388 g/mol. The zero-order valence-electron chi connectivity index (χ0n) is 14.0. The molecule has 0 heterocycles. The molecule has 2 amide bonds. The first-order valence-corrected chi connectivity index (χ1v) is 8.34. The minimum absolute atomic E-state index is 0.106. The van der Waals surface area contributed by atoms with E-state index in [0.29, 0.717) is 17.2 Å². The topological polar surface area (TPSA) is 67.9 Å². The Morgan fingerprint density at radius 3 is 2.24 bits per heavy atom. The summed E-state index contributed by atoms with van der Waals surface area (Å²) in [6.45, 7) is -0.258. The number of rotatable bonds is 7. The van der Waals surface area contributed by atoms with Gasteiger partial charge < -0.3 is 19.7 Å². The normalized spacial score (nSPS) is 10.0. The van der Waals surface area contributed by atoms with E-state index in [-0.39, 0.29) is 25.0 Å². The lowest BCUT2D eigenvalue weighted by Gasteiger charge is -2.18. The molecule has 0 saturated carbocycles. The first-order chi connectivity index (χ1) is 12.0. The quantitative estimate of drug-likeness (QED) is 0.767. The molecule has 0 aliphatic carbocycles. The number of likely N-dealkylation sites (N-methyl/N-ethyl adjacent to an activating group) is 1. The summed E-state index contributed by atoms with van der Waals surface area (Å²) in [5.74, 6) is 0.699. The van der Waals surface area contributed by atoms with E-state index in [9.17, 15) is 9.59 Å². The first-order valence-electron chi connectivity index (χ1n) is 7.55. The van der Waals surface area contributed by atoms with E-state index in [1.54, 1.807) is 50.6 Å². The van der Waals surface area contributed by atoms with E-state index < -0.39 is 0 Å². The Hall–Kier alpha value is -2.54. The Balaban J connectivity index is 1.77. The Morgan fingerprint density at radius 2 is 1.64 bits per heavy atom. The minimum Gasteiger partial charge on any atom is -0.497 e. The lowest BCUT2D eigenvalue weighted by atomic mass is 10.3. The second kappa shape index (κ2) is 9.08. The van der Waals surface area contributed by atoms with E-state index in [1.807, 2.05) is 12.1 Å². The number of benzene rings is 2. The molecule has 0 saturated heterocycles. The molecule has 2 aromatic rings. The van der Waals surface area contributed by atoms with Gasteiger partial charge in [0.05, 0.1) is 13.7 Å². The molecule has 6 nitrogen and oxygen atoms in total. The summed E-state index contributed by atoms with van der Waals surface area (Å²) in [5, 5.41) is 2.55. The Kier molecular flexibility index (Phi) is 6.82. The fourth-order valence-electron chi connectivity index (χ4n) is 1.97. The van der Waals surface area contributed by atoms with Gasteiger partial charge in [-0.15, -0.1) is 0 Å². The van der Waals surface area contributed by atoms with E-state index in [1.165, 1.54) is 4.90 Å². The Morgan fingerprint density at radius 1 is 1.04 bits per heavy atom. The molecule has 0 radical (unpaired) electrons. The number of halogens is 1. The molecule has 0 unspecified atom stereocenters. The predicted molar refractivity (Wildman–Crippen MR) is 99.1 cm³/mol. The number of hydrogen-bond acceptors (Lipinski definition) is 4. The number of anilines is 1. The van der Waals surface area contributed by atoms with E-state index >= 15 is 0 Å². The highest BCUT2D eigenvalue weighted by molar-refractivity contribution is 9.10. The van der Waals surface area contributed by atoms with Crippen LogP contribution in [0.4, 0.5) is 5.69 Å². The summed E-state index contributed by atoms with van der Waals surface area (Å²) in [6.07, 6.45) is 0. The van der Waals surface area contributed by atoms with Crippen LogP contribution in [0.2, 0.25) is 0 Å². The molecule has 0 bridgehead atoms. The molecule has 0 fully saturated rings. The van der Waals surface area contributed by atoms with Crippen molar-refractivity contribution in [2.75, 3.05) is 32.2 Å². The smallest absolute Gasteiger partial charge is 0.258 e. The van der Waals surface area contributed by atoms with Crippen LogP contribution in [0, 0.1) is 0 Å². The standard InChI is InChI=1S/C18H19BrN2O4/c1-21(14-5-9-15(24-2)10-6-14)18(23)11-20-17(22)12-25-16-7-3-13(19)4-8-16/h3-10H,11-12H2,1-2H3,(H,20,22). The van der Waals surface area contributed by atoms with Crippen molar-refractivity contribution in [1.82, 2.24) is 5.32 Å². The van der Waals surface area contributed by atoms with Gasteiger partial charge in [-0.3, -0.25) is 9.59 Å². The highest BCUT2D eigenvalue weighted by Crippen LogP contribution is 2.18. The van der Waals surface area contributed by atoms with Crippen molar-refractivity contribution >= 4 is 33.4 Å². The van der Waals surface area contributed by atoms with Crippen molar-refractivity contribution in [2.45, 2.75) is 0 Å². The van der Waals surface area contributed by atoms with Crippen molar-refractivity contribution in [3.05, 3.63) is 53.0 Å². The number of ether oxygens (including phenoxy) is 2. The van der Waals surface area contributed by atoms with Crippen molar-refractivity contribution in [1.29, 1.82) is 0 Å². The van der Waals surface area contributed by atoms with Gasteiger partial charge in [0.1, 0.15) is 11.5 Å².